The van der Waals surface area contributed by atoms with Gasteiger partial charge in [-0.05, 0) is 0 Å². The molecule has 0 radical (unpaired) electrons. The summed E-state index contributed by atoms with van der Waals surface area (Å²) in [6.45, 7) is 0. The van der Waals surface area contributed by atoms with Crippen LogP contribution in [0.4, 0.5) is 0 Å². The van der Waals surface area contributed by atoms with Gasteiger partial charge in [-0.25, -0.2) is 0 Å². The van der Waals surface area contributed by atoms with Crippen LogP contribution in [-0.2, 0) is 55.1 Å². The van der Waals surface area contributed by atoms with Crippen LogP contribution in [0, 0.1) is 0 Å². The molecular weight excluding hydrogens is 1120 g/mol. The second-order valence-corrected chi connectivity index (χ2v) is 5.99. The van der Waals surface area contributed by atoms with E-state index in [1.54, 1.807) is 0 Å². The van der Waals surface area contributed by atoms with Gasteiger partial charge < -0.3 is 0 Å². The van der Waals surface area contributed by atoms with Crippen molar-refractivity contribution >= 4 is 191 Å². The van der Waals surface area contributed by atoms with Crippen LogP contribution >= 0.6 is 0 Å². The van der Waals surface area contributed by atoms with Crippen LogP contribution in [0.5, 0.6) is 0 Å². The summed E-state index contributed by atoms with van der Waals surface area (Å²) in [4.78, 5) is 0. The molecule has 0 heterocycles. The SMILES string of the molecule is [Ba+2].[Ba+2].[Ba+2].[O]=[Bi](=[O])[O-].[O]=[Bi](=[O])[O-].[O]=[Ti]([O-])[O-].[O]=[Ti]([O-])[O-]. The number of hydrogen-bond acceptors (Lipinski definition) is 12. The van der Waals surface area contributed by atoms with Gasteiger partial charge in [0.2, 0.25) is 0 Å². The van der Waals surface area contributed by atoms with Gasteiger partial charge >= 0.3 is 267 Å². The minimum absolute atomic E-state index is 0. The van der Waals surface area contributed by atoms with E-state index in [0.29, 0.717) is 0 Å². The Labute approximate surface area is 258 Å². The molecule has 0 atom stereocenters. The predicted octanol–water partition coefficient (Wildman–Crippen LogP) is -9.76. The van der Waals surface area contributed by atoms with E-state index in [0.717, 1.165) is 0 Å². The van der Waals surface area contributed by atoms with E-state index in [1.807, 2.05) is 0 Å². The third-order valence-corrected chi connectivity index (χ3v) is 0. The predicted molar refractivity (Wildman–Crippen MR) is 32.9 cm³/mol. The first-order valence-corrected chi connectivity index (χ1v) is 14.7. The maximum absolute atomic E-state index is 8.62. The molecular formula is Ba3Bi2O12Ti2. The zero-order chi connectivity index (χ0) is 14.3. The Balaban J connectivity index is -0.0000000192. The Morgan fingerprint density at radius 3 is 0.579 bits per heavy atom. The molecule has 0 amide bonds. The fraction of sp³-hybridized carbons (Fsp3) is 0. The van der Waals surface area contributed by atoms with Crippen molar-refractivity contribution in [1.82, 2.24) is 0 Å². The van der Waals surface area contributed by atoms with Gasteiger partial charge in [0.15, 0.2) is 0 Å². The molecule has 96 valence electrons. The average Bonchev–Trinajstić information content (AvgIpc) is 1.76. The van der Waals surface area contributed by atoms with E-state index in [-0.39, 0.29) is 147 Å². The standard InChI is InChI=1S/3Ba.2Bi.12O.2Ti/q3*+2;;;;;;;;;6*-1;;. The van der Waals surface area contributed by atoms with E-state index >= 15 is 0 Å². The molecule has 0 fully saturated rings. The van der Waals surface area contributed by atoms with Crippen molar-refractivity contribution in [2.45, 2.75) is 0 Å². The molecule has 0 aromatic heterocycles. The summed E-state index contributed by atoms with van der Waals surface area (Å²) in [5.41, 5.74) is 0. The van der Waals surface area contributed by atoms with Gasteiger partial charge in [-0.15, -0.1) is 0 Å². The quantitative estimate of drug-likeness (QED) is 0.206. The third-order valence-electron chi connectivity index (χ3n) is 0. The van der Waals surface area contributed by atoms with E-state index in [2.05, 4.69) is 0 Å². The Hall–Kier alpha value is 6.47. The van der Waals surface area contributed by atoms with Gasteiger partial charge in [0.05, 0.1) is 0 Å². The summed E-state index contributed by atoms with van der Waals surface area (Å²) < 4.78 is 103. The fourth-order valence-electron chi connectivity index (χ4n) is 0. The second-order valence-electron chi connectivity index (χ2n) is 0.947. The molecule has 0 aromatic carbocycles. The molecule has 19 heteroatoms. The van der Waals surface area contributed by atoms with Crippen LogP contribution in [0.15, 0.2) is 0 Å². The molecule has 0 saturated carbocycles. The van der Waals surface area contributed by atoms with Crippen molar-refractivity contribution in [3.05, 3.63) is 0 Å². The zero-order valence-corrected chi connectivity index (χ0v) is 32.3. The van der Waals surface area contributed by atoms with Crippen molar-refractivity contribution in [3.8, 4) is 0 Å². The first kappa shape index (κ1) is 44.7. The molecule has 0 aromatic rings. The molecule has 0 saturated heterocycles. The molecule has 12 nitrogen and oxygen atoms in total. The van der Waals surface area contributed by atoms with Crippen molar-refractivity contribution in [1.29, 1.82) is 0 Å². The first-order valence-electron chi connectivity index (χ1n) is 2.32. The van der Waals surface area contributed by atoms with E-state index in [4.69, 9.17) is 39.0 Å². The third kappa shape index (κ3) is 295. The maximum atomic E-state index is 8.62. The van der Waals surface area contributed by atoms with Crippen molar-refractivity contribution in [3.63, 3.8) is 0 Å². The van der Waals surface area contributed by atoms with Crippen molar-refractivity contribution < 1.29 is 76.3 Å². The van der Waals surface area contributed by atoms with E-state index < -0.39 is 81.6 Å². The fourth-order valence-corrected chi connectivity index (χ4v) is 0. The van der Waals surface area contributed by atoms with Crippen LogP contribution in [-0.4, -0.2) is 191 Å². The summed E-state index contributed by atoms with van der Waals surface area (Å²) in [5.74, 6) is 0. The molecule has 0 unspecified atom stereocenters. The van der Waals surface area contributed by atoms with Gasteiger partial charge in [-0.1, -0.05) is 0 Å². The van der Waals surface area contributed by atoms with Crippen molar-refractivity contribution in [2.75, 3.05) is 0 Å². The van der Waals surface area contributed by atoms with Gasteiger partial charge in [-0.2, -0.15) is 0 Å². The van der Waals surface area contributed by atoms with Gasteiger partial charge in [-0.3, -0.25) is 0 Å². The molecule has 0 aliphatic heterocycles. The summed E-state index contributed by atoms with van der Waals surface area (Å²) in [5, 5.41) is 0. The Kier molecular flexibility index (Phi) is 93.0. The van der Waals surface area contributed by atoms with Crippen LogP contribution in [0.2, 0.25) is 0 Å². The van der Waals surface area contributed by atoms with Gasteiger partial charge in [0.25, 0.3) is 0 Å². The average molecular weight is 1120 g/mol. The topological polar surface area (TPSA) is 241 Å². The molecule has 0 bridgehead atoms. The normalized spacial score (nSPS) is 5.37. The van der Waals surface area contributed by atoms with Crippen LogP contribution in [0.1, 0.15) is 0 Å². The molecule has 0 aliphatic rings. The van der Waals surface area contributed by atoms with Gasteiger partial charge in [0, 0.05) is 0 Å². The number of hydrogen-bond donors (Lipinski definition) is 0. The molecule has 0 aliphatic carbocycles. The van der Waals surface area contributed by atoms with Crippen LogP contribution in [0.3, 0.4) is 0 Å². The van der Waals surface area contributed by atoms with Crippen LogP contribution in [0.25, 0.3) is 0 Å². The molecule has 0 rings (SSSR count). The zero-order valence-electron chi connectivity index (χ0n) is 8.91. The monoisotopic (exact) mass is 1120 g/mol. The summed E-state index contributed by atoms with van der Waals surface area (Å²) >= 11 is -16.9. The summed E-state index contributed by atoms with van der Waals surface area (Å²) in [6.07, 6.45) is 0. The molecule has 0 N–H and O–H groups in total. The number of rotatable bonds is 0. The first-order chi connectivity index (χ1) is 6.93. The Morgan fingerprint density at radius 2 is 0.579 bits per heavy atom. The van der Waals surface area contributed by atoms with E-state index in [9.17, 15) is 0 Å². The molecule has 19 heavy (non-hydrogen) atoms. The summed E-state index contributed by atoms with van der Waals surface area (Å²) in [6, 6.07) is 0. The summed E-state index contributed by atoms with van der Waals surface area (Å²) in [7, 11) is 0. The van der Waals surface area contributed by atoms with E-state index in [1.165, 1.54) is 0 Å². The Bertz CT molecular complexity index is 265. The van der Waals surface area contributed by atoms with Crippen molar-refractivity contribution in [2.24, 2.45) is 0 Å². The molecule has 0 spiro atoms. The Morgan fingerprint density at radius 1 is 0.579 bits per heavy atom. The van der Waals surface area contributed by atoms with Gasteiger partial charge in [0.1, 0.15) is 0 Å². The van der Waals surface area contributed by atoms with Crippen LogP contribution < -0.4 is 21.1 Å². The minimum atomic E-state index is -4.34. The second kappa shape index (κ2) is 39.5.